The summed E-state index contributed by atoms with van der Waals surface area (Å²) in [7, 11) is 0. The van der Waals surface area contributed by atoms with Gasteiger partial charge in [-0.3, -0.25) is 31.1 Å². The van der Waals surface area contributed by atoms with Gasteiger partial charge in [0.2, 0.25) is 0 Å². The predicted octanol–water partition coefficient (Wildman–Crippen LogP) is 2.11. The molecule has 2 aromatic carbocycles. The second-order valence-electron chi connectivity index (χ2n) is 4.31. The third kappa shape index (κ3) is 3.12. The van der Waals surface area contributed by atoms with Crippen LogP contribution in [0.15, 0.2) is 36.4 Å². The Bertz CT molecular complexity index is 748. The first kappa shape index (κ1) is 14.8. The van der Waals surface area contributed by atoms with Crippen molar-refractivity contribution in [2.75, 3.05) is 22.3 Å². The standard InChI is InChI=1S/C12H12N6O4/c13-7-1-3-11(12(5-7)18(21)22)16-15-10-4-2-8(17(19)20)6-9(10)14/h1-6,15-16H,13-14H2. The third-order valence-corrected chi connectivity index (χ3v) is 2.80. The predicted molar refractivity (Wildman–Crippen MR) is 82.3 cm³/mol. The summed E-state index contributed by atoms with van der Waals surface area (Å²) in [5.74, 6) is 0. The molecular weight excluding hydrogens is 292 g/mol. The van der Waals surface area contributed by atoms with Crippen LogP contribution in [0.25, 0.3) is 0 Å². The van der Waals surface area contributed by atoms with E-state index in [0.29, 0.717) is 5.69 Å². The highest BCUT2D eigenvalue weighted by Crippen LogP contribution is 2.28. The molecule has 0 aliphatic heterocycles. The van der Waals surface area contributed by atoms with E-state index in [1.165, 1.54) is 36.4 Å². The number of benzene rings is 2. The first-order valence-electron chi connectivity index (χ1n) is 5.98. The van der Waals surface area contributed by atoms with E-state index in [4.69, 9.17) is 11.5 Å². The molecule has 0 fully saturated rings. The van der Waals surface area contributed by atoms with Gasteiger partial charge in [0.15, 0.2) is 0 Å². The van der Waals surface area contributed by atoms with Crippen molar-refractivity contribution in [3.8, 4) is 0 Å². The lowest BCUT2D eigenvalue weighted by Crippen LogP contribution is -2.12. The zero-order valence-electron chi connectivity index (χ0n) is 11.1. The summed E-state index contributed by atoms with van der Waals surface area (Å²) in [6, 6.07) is 7.98. The number of anilines is 4. The van der Waals surface area contributed by atoms with E-state index in [2.05, 4.69) is 10.9 Å². The third-order valence-electron chi connectivity index (χ3n) is 2.80. The molecule has 0 spiro atoms. The molecule has 0 bridgehead atoms. The van der Waals surface area contributed by atoms with Gasteiger partial charge in [-0.1, -0.05) is 0 Å². The molecule has 0 unspecified atom stereocenters. The van der Waals surface area contributed by atoms with Gasteiger partial charge in [0.05, 0.1) is 21.2 Å². The van der Waals surface area contributed by atoms with Crippen LogP contribution < -0.4 is 22.3 Å². The fourth-order valence-electron chi connectivity index (χ4n) is 1.72. The Hall–Kier alpha value is -3.56. The summed E-state index contributed by atoms with van der Waals surface area (Å²) >= 11 is 0. The molecule has 2 aromatic rings. The molecule has 0 aliphatic rings. The molecule has 22 heavy (non-hydrogen) atoms. The minimum Gasteiger partial charge on any atom is -0.399 e. The number of hydrazine groups is 1. The van der Waals surface area contributed by atoms with Crippen molar-refractivity contribution < 1.29 is 9.85 Å². The van der Waals surface area contributed by atoms with Crippen LogP contribution in [0.1, 0.15) is 0 Å². The van der Waals surface area contributed by atoms with Crippen LogP contribution in [-0.4, -0.2) is 9.85 Å². The van der Waals surface area contributed by atoms with Gasteiger partial charge in [0.1, 0.15) is 5.69 Å². The highest BCUT2D eigenvalue weighted by Gasteiger charge is 2.14. The monoisotopic (exact) mass is 304 g/mol. The summed E-state index contributed by atoms with van der Waals surface area (Å²) in [5.41, 5.74) is 17.0. The Balaban J connectivity index is 2.20. The maximum Gasteiger partial charge on any atom is 0.296 e. The Morgan fingerprint density at radius 3 is 2.09 bits per heavy atom. The first-order valence-corrected chi connectivity index (χ1v) is 5.98. The molecule has 0 aromatic heterocycles. The Labute approximate surface area is 124 Å². The topological polar surface area (TPSA) is 162 Å². The molecule has 0 radical (unpaired) electrons. The van der Waals surface area contributed by atoms with Gasteiger partial charge in [-0.25, -0.2) is 0 Å². The molecule has 114 valence electrons. The first-order chi connectivity index (χ1) is 10.4. The van der Waals surface area contributed by atoms with Crippen LogP contribution in [0, 0.1) is 20.2 Å². The number of nitrogens with one attached hydrogen (secondary N) is 2. The Morgan fingerprint density at radius 1 is 0.864 bits per heavy atom. The molecule has 0 aliphatic carbocycles. The number of nitro benzene ring substituents is 2. The zero-order valence-corrected chi connectivity index (χ0v) is 11.1. The van der Waals surface area contributed by atoms with Crippen molar-refractivity contribution in [2.45, 2.75) is 0 Å². The highest BCUT2D eigenvalue weighted by molar-refractivity contribution is 5.73. The summed E-state index contributed by atoms with van der Waals surface area (Å²) < 4.78 is 0. The van der Waals surface area contributed by atoms with E-state index in [9.17, 15) is 20.2 Å². The van der Waals surface area contributed by atoms with E-state index in [1.807, 2.05) is 0 Å². The van der Waals surface area contributed by atoms with Crippen molar-refractivity contribution >= 4 is 34.1 Å². The Kier molecular flexibility index (Phi) is 3.93. The normalized spacial score (nSPS) is 10.0. The molecule has 0 saturated carbocycles. The summed E-state index contributed by atoms with van der Waals surface area (Å²) in [4.78, 5) is 20.4. The molecule has 0 heterocycles. The summed E-state index contributed by atoms with van der Waals surface area (Å²) in [6.07, 6.45) is 0. The average Bonchev–Trinajstić information content (AvgIpc) is 2.46. The van der Waals surface area contributed by atoms with Crippen LogP contribution in [0.4, 0.5) is 34.1 Å². The van der Waals surface area contributed by atoms with E-state index in [-0.39, 0.29) is 28.4 Å². The second kappa shape index (κ2) is 5.83. The van der Waals surface area contributed by atoms with Gasteiger partial charge >= 0.3 is 0 Å². The molecular formula is C12H12N6O4. The molecule has 10 heteroatoms. The summed E-state index contributed by atoms with van der Waals surface area (Å²) in [5, 5.41) is 21.6. The van der Waals surface area contributed by atoms with Crippen molar-refractivity contribution in [1.29, 1.82) is 0 Å². The van der Waals surface area contributed by atoms with Crippen molar-refractivity contribution in [2.24, 2.45) is 0 Å². The van der Waals surface area contributed by atoms with Crippen LogP contribution in [0.2, 0.25) is 0 Å². The number of rotatable bonds is 5. The van der Waals surface area contributed by atoms with Crippen LogP contribution in [0.5, 0.6) is 0 Å². The van der Waals surface area contributed by atoms with Crippen LogP contribution in [-0.2, 0) is 0 Å². The maximum absolute atomic E-state index is 11.0. The van der Waals surface area contributed by atoms with E-state index < -0.39 is 9.85 Å². The minimum atomic E-state index is -0.584. The molecule has 10 nitrogen and oxygen atoms in total. The number of nitrogen functional groups attached to an aromatic ring is 2. The number of non-ortho nitro benzene ring substituents is 1. The van der Waals surface area contributed by atoms with E-state index >= 15 is 0 Å². The van der Waals surface area contributed by atoms with E-state index in [0.717, 1.165) is 0 Å². The molecule has 2 rings (SSSR count). The molecule has 0 atom stereocenters. The van der Waals surface area contributed by atoms with Gasteiger partial charge in [0, 0.05) is 23.9 Å². The van der Waals surface area contributed by atoms with Gasteiger partial charge in [-0.05, 0) is 18.2 Å². The number of hydrogen-bond acceptors (Lipinski definition) is 8. The quantitative estimate of drug-likeness (QED) is 0.370. The largest absolute Gasteiger partial charge is 0.399 e. The number of hydrogen-bond donors (Lipinski definition) is 4. The van der Waals surface area contributed by atoms with Crippen molar-refractivity contribution in [3.63, 3.8) is 0 Å². The Morgan fingerprint density at radius 2 is 1.50 bits per heavy atom. The van der Waals surface area contributed by atoms with E-state index in [1.54, 1.807) is 0 Å². The maximum atomic E-state index is 11.0. The zero-order chi connectivity index (χ0) is 16.3. The fraction of sp³-hybridized carbons (Fsp3) is 0. The number of nitrogens with two attached hydrogens (primary N) is 2. The summed E-state index contributed by atoms with van der Waals surface area (Å²) in [6.45, 7) is 0. The van der Waals surface area contributed by atoms with Gasteiger partial charge < -0.3 is 11.5 Å². The molecule has 0 amide bonds. The lowest BCUT2D eigenvalue weighted by Gasteiger charge is -2.12. The van der Waals surface area contributed by atoms with Crippen LogP contribution >= 0.6 is 0 Å². The SMILES string of the molecule is Nc1ccc(NNc2ccc([N+](=O)[O-])cc2N)c([N+](=O)[O-])c1. The van der Waals surface area contributed by atoms with Crippen molar-refractivity contribution in [3.05, 3.63) is 56.6 Å². The number of nitro groups is 2. The number of nitrogens with zero attached hydrogens (tertiary/aromatic N) is 2. The highest BCUT2D eigenvalue weighted by atomic mass is 16.6. The molecule has 6 N–H and O–H groups in total. The van der Waals surface area contributed by atoms with Gasteiger partial charge in [-0.15, -0.1) is 0 Å². The lowest BCUT2D eigenvalue weighted by molar-refractivity contribution is -0.384. The lowest BCUT2D eigenvalue weighted by atomic mass is 10.2. The van der Waals surface area contributed by atoms with Gasteiger partial charge in [-0.2, -0.15) is 0 Å². The minimum absolute atomic E-state index is 0.125. The smallest absolute Gasteiger partial charge is 0.296 e. The second-order valence-corrected chi connectivity index (χ2v) is 4.31. The van der Waals surface area contributed by atoms with Crippen molar-refractivity contribution in [1.82, 2.24) is 0 Å². The fourth-order valence-corrected chi connectivity index (χ4v) is 1.72. The van der Waals surface area contributed by atoms with Crippen LogP contribution in [0.3, 0.4) is 0 Å². The average molecular weight is 304 g/mol. The van der Waals surface area contributed by atoms with Gasteiger partial charge in [0.25, 0.3) is 11.4 Å². The molecule has 0 saturated heterocycles.